The van der Waals surface area contributed by atoms with E-state index in [1.54, 1.807) is 12.1 Å². The van der Waals surface area contributed by atoms with Gasteiger partial charge in [0.25, 0.3) is 0 Å². The van der Waals surface area contributed by atoms with E-state index in [-0.39, 0.29) is 0 Å². The van der Waals surface area contributed by atoms with Crippen molar-refractivity contribution in [3.05, 3.63) is 30.5 Å². The molecule has 0 radical (unpaired) electrons. The van der Waals surface area contributed by atoms with Gasteiger partial charge in [-0.2, -0.15) is 0 Å². The summed E-state index contributed by atoms with van der Waals surface area (Å²) < 4.78 is 0. The van der Waals surface area contributed by atoms with Crippen LogP contribution in [0.5, 0.6) is 0 Å². The van der Waals surface area contributed by atoms with E-state index < -0.39 is 7.12 Å². The largest absolute Gasteiger partial charge is 0.488 e. The second-order valence-corrected chi connectivity index (χ2v) is 2.70. The zero-order valence-corrected chi connectivity index (χ0v) is 8.36. The summed E-state index contributed by atoms with van der Waals surface area (Å²) in [5.74, 6) is 0. The second-order valence-electron chi connectivity index (χ2n) is 2.70. The molecule has 74 valence electrons. The lowest BCUT2D eigenvalue weighted by Crippen LogP contribution is -2.29. The van der Waals surface area contributed by atoms with Gasteiger partial charge in [0.05, 0.1) is 0 Å². The first-order chi connectivity index (χ1) is 6.77. The van der Waals surface area contributed by atoms with Crippen LogP contribution in [0.15, 0.2) is 30.5 Å². The molecule has 0 aliphatic heterocycles. The molecule has 1 aromatic heterocycles. The lowest BCUT2D eigenvalue weighted by atomic mass is 9.80. The van der Waals surface area contributed by atoms with Gasteiger partial charge in [0, 0.05) is 11.7 Å². The van der Waals surface area contributed by atoms with E-state index in [4.69, 9.17) is 10.0 Å². The fraction of sp³-hybridized carbons (Fsp3) is 0.200. The van der Waals surface area contributed by atoms with Gasteiger partial charge < -0.3 is 15.0 Å². The Bertz CT molecular complexity index is 398. The Morgan fingerprint density at radius 1 is 1.14 bits per heavy atom. The highest BCUT2D eigenvalue weighted by molar-refractivity contribution is 6.58. The molecule has 0 fully saturated rings. The minimum absolute atomic E-state index is 0.516. The molecular formula is C10H14BNO2. The number of benzene rings is 1. The summed E-state index contributed by atoms with van der Waals surface area (Å²) in [6.07, 6.45) is 1.82. The van der Waals surface area contributed by atoms with Crippen molar-refractivity contribution in [2.45, 2.75) is 13.8 Å². The lowest BCUT2D eigenvalue weighted by Gasteiger charge is -1.97. The van der Waals surface area contributed by atoms with Crippen molar-refractivity contribution in [2.75, 3.05) is 0 Å². The summed E-state index contributed by atoms with van der Waals surface area (Å²) in [7, 11) is -1.38. The molecule has 3 N–H and O–H groups in total. The zero-order chi connectivity index (χ0) is 10.6. The van der Waals surface area contributed by atoms with Crippen LogP contribution in [-0.2, 0) is 0 Å². The molecule has 2 aromatic rings. The summed E-state index contributed by atoms with van der Waals surface area (Å²) in [5, 5.41) is 18.7. The van der Waals surface area contributed by atoms with Crippen molar-refractivity contribution in [3.8, 4) is 0 Å². The van der Waals surface area contributed by atoms with Gasteiger partial charge >= 0.3 is 7.12 Å². The van der Waals surface area contributed by atoms with Crippen LogP contribution in [-0.4, -0.2) is 22.2 Å². The minimum Gasteiger partial charge on any atom is -0.423 e. The number of rotatable bonds is 1. The van der Waals surface area contributed by atoms with Crippen molar-refractivity contribution < 1.29 is 10.0 Å². The highest BCUT2D eigenvalue weighted by Crippen LogP contribution is 2.08. The molecule has 0 unspecified atom stereocenters. The Kier molecular flexibility index (Phi) is 3.74. The number of hydrogen-bond donors (Lipinski definition) is 3. The molecule has 0 spiro atoms. The molecular weight excluding hydrogens is 177 g/mol. The monoisotopic (exact) mass is 191 g/mol. The van der Waals surface area contributed by atoms with Crippen LogP contribution in [0, 0.1) is 0 Å². The van der Waals surface area contributed by atoms with Crippen molar-refractivity contribution in [2.24, 2.45) is 0 Å². The van der Waals surface area contributed by atoms with Gasteiger partial charge in [0.1, 0.15) is 0 Å². The Hall–Kier alpha value is -1.26. The minimum atomic E-state index is -1.38. The molecule has 0 bridgehead atoms. The first-order valence-corrected chi connectivity index (χ1v) is 4.70. The fourth-order valence-electron chi connectivity index (χ4n) is 1.23. The molecule has 0 saturated carbocycles. The van der Waals surface area contributed by atoms with E-state index >= 15 is 0 Å². The van der Waals surface area contributed by atoms with Crippen LogP contribution in [0.2, 0.25) is 0 Å². The zero-order valence-electron chi connectivity index (χ0n) is 8.36. The quantitative estimate of drug-likeness (QED) is 0.586. The molecule has 0 aliphatic rings. The van der Waals surface area contributed by atoms with E-state index in [1.165, 1.54) is 0 Å². The molecule has 4 heteroatoms. The van der Waals surface area contributed by atoms with Crippen LogP contribution in [0.1, 0.15) is 13.8 Å². The van der Waals surface area contributed by atoms with Crippen LogP contribution in [0.25, 0.3) is 10.9 Å². The predicted octanol–water partition coefficient (Wildman–Crippen LogP) is 0.874. The van der Waals surface area contributed by atoms with E-state index in [0.29, 0.717) is 5.46 Å². The number of hydrogen-bond acceptors (Lipinski definition) is 2. The third-order valence-corrected chi connectivity index (χ3v) is 1.88. The first-order valence-electron chi connectivity index (χ1n) is 4.70. The summed E-state index contributed by atoms with van der Waals surface area (Å²) in [4.78, 5) is 3.02. The van der Waals surface area contributed by atoms with Crippen molar-refractivity contribution in [1.82, 2.24) is 4.98 Å². The highest BCUT2D eigenvalue weighted by atomic mass is 16.4. The van der Waals surface area contributed by atoms with Gasteiger partial charge in [-0.15, -0.1) is 0 Å². The number of fused-ring (bicyclic) bond motifs is 1. The Morgan fingerprint density at radius 3 is 2.50 bits per heavy atom. The van der Waals surface area contributed by atoms with E-state index in [9.17, 15) is 0 Å². The van der Waals surface area contributed by atoms with Crippen molar-refractivity contribution >= 4 is 23.5 Å². The maximum atomic E-state index is 8.87. The Labute approximate surface area is 83.5 Å². The molecule has 0 saturated heterocycles. The van der Waals surface area contributed by atoms with Crippen LogP contribution < -0.4 is 5.46 Å². The van der Waals surface area contributed by atoms with E-state index in [0.717, 1.165) is 10.9 Å². The standard InChI is InChI=1S/C8H8BNO2.C2H6/c11-9(12)7-1-2-8-6(5-7)3-4-10-8;1-2/h1-5,10-12H;1-2H3. The lowest BCUT2D eigenvalue weighted by molar-refractivity contribution is 0.426. The topological polar surface area (TPSA) is 56.2 Å². The summed E-state index contributed by atoms with van der Waals surface area (Å²) in [6.45, 7) is 4.00. The number of aromatic amines is 1. The molecule has 0 aliphatic carbocycles. The molecule has 1 heterocycles. The van der Waals surface area contributed by atoms with Crippen molar-refractivity contribution in [3.63, 3.8) is 0 Å². The van der Waals surface area contributed by atoms with Gasteiger partial charge in [-0.05, 0) is 23.0 Å². The SMILES string of the molecule is CC.OB(O)c1ccc2[nH]ccc2c1. The summed E-state index contributed by atoms with van der Waals surface area (Å²) in [5.41, 5.74) is 1.52. The van der Waals surface area contributed by atoms with Crippen molar-refractivity contribution in [1.29, 1.82) is 0 Å². The van der Waals surface area contributed by atoms with Gasteiger partial charge in [-0.25, -0.2) is 0 Å². The number of aromatic nitrogens is 1. The van der Waals surface area contributed by atoms with Crippen LogP contribution in [0.4, 0.5) is 0 Å². The normalized spacial score (nSPS) is 9.43. The molecule has 1 aromatic carbocycles. The average Bonchev–Trinajstić information content (AvgIpc) is 2.67. The summed E-state index contributed by atoms with van der Waals surface area (Å²) >= 11 is 0. The van der Waals surface area contributed by atoms with Gasteiger partial charge in [0.2, 0.25) is 0 Å². The van der Waals surface area contributed by atoms with E-state index in [1.807, 2.05) is 32.2 Å². The molecule has 14 heavy (non-hydrogen) atoms. The first kappa shape index (κ1) is 10.8. The maximum Gasteiger partial charge on any atom is 0.488 e. The smallest absolute Gasteiger partial charge is 0.423 e. The van der Waals surface area contributed by atoms with Gasteiger partial charge in [-0.3, -0.25) is 0 Å². The average molecular weight is 191 g/mol. The molecule has 0 amide bonds. The molecule has 2 rings (SSSR count). The number of nitrogens with one attached hydrogen (secondary N) is 1. The van der Waals surface area contributed by atoms with Crippen LogP contribution in [0.3, 0.4) is 0 Å². The molecule has 0 atom stereocenters. The Balaban J connectivity index is 0.000000461. The molecule has 3 nitrogen and oxygen atoms in total. The Morgan fingerprint density at radius 2 is 1.86 bits per heavy atom. The second kappa shape index (κ2) is 4.84. The van der Waals surface area contributed by atoms with Gasteiger partial charge in [0.15, 0.2) is 0 Å². The predicted molar refractivity (Wildman–Crippen MR) is 59.5 cm³/mol. The third-order valence-electron chi connectivity index (χ3n) is 1.88. The number of H-pyrrole nitrogens is 1. The van der Waals surface area contributed by atoms with Crippen LogP contribution >= 0.6 is 0 Å². The summed E-state index contributed by atoms with van der Waals surface area (Å²) in [6, 6.07) is 7.14. The third kappa shape index (κ3) is 2.16. The highest BCUT2D eigenvalue weighted by Gasteiger charge is 2.10. The maximum absolute atomic E-state index is 8.87. The van der Waals surface area contributed by atoms with Gasteiger partial charge in [-0.1, -0.05) is 26.0 Å². The fourth-order valence-corrected chi connectivity index (χ4v) is 1.23. The van der Waals surface area contributed by atoms with E-state index in [2.05, 4.69) is 4.98 Å².